The van der Waals surface area contributed by atoms with Gasteiger partial charge < -0.3 is 15.0 Å². The summed E-state index contributed by atoms with van der Waals surface area (Å²) in [6, 6.07) is 11.4. The number of carbonyl (C=O) groups is 1. The summed E-state index contributed by atoms with van der Waals surface area (Å²) in [5.41, 5.74) is 6.70. The van der Waals surface area contributed by atoms with E-state index in [4.69, 9.17) is 15.0 Å². The summed E-state index contributed by atoms with van der Waals surface area (Å²) in [6.07, 6.45) is 2.14. The van der Waals surface area contributed by atoms with E-state index in [1.807, 2.05) is 6.92 Å². The molecule has 0 saturated heterocycles. The predicted molar refractivity (Wildman–Crippen MR) is 101 cm³/mol. The summed E-state index contributed by atoms with van der Waals surface area (Å²) in [4.78, 5) is 16.4. The molecule has 1 heterocycles. The highest BCUT2D eigenvalue weighted by Gasteiger charge is 2.30. The molecule has 1 aliphatic rings. The average Bonchev–Trinajstić information content (AvgIpc) is 3.45. The second-order valence-corrected chi connectivity index (χ2v) is 6.87. The number of nitrogens with zero attached hydrogens (tertiary/aromatic N) is 2. The molecule has 2 N–H and O–H groups in total. The maximum atomic E-state index is 13.7. The molecular weight excluding hydrogens is 361 g/mol. The lowest BCUT2D eigenvalue weighted by molar-refractivity contribution is 0.0967. The third-order valence-corrected chi connectivity index (χ3v) is 4.71. The van der Waals surface area contributed by atoms with Gasteiger partial charge >= 0.3 is 0 Å². The Morgan fingerprint density at radius 2 is 2.04 bits per heavy atom. The van der Waals surface area contributed by atoms with Gasteiger partial charge in [0, 0.05) is 17.0 Å². The maximum Gasteiger partial charge on any atom is 0.258 e. The van der Waals surface area contributed by atoms with Crippen LogP contribution in [0.15, 0.2) is 47.0 Å². The fourth-order valence-electron chi connectivity index (χ4n) is 2.90. The summed E-state index contributed by atoms with van der Waals surface area (Å²) in [7, 11) is 0. The Balaban J connectivity index is 1.49. The Bertz CT molecular complexity index is 996. The van der Waals surface area contributed by atoms with E-state index in [0.717, 1.165) is 12.8 Å². The third-order valence-electron chi connectivity index (χ3n) is 4.71. The number of halogens is 1. The van der Waals surface area contributed by atoms with Crippen molar-refractivity contribution in [2.24, 2.45) is 5.92 Å². The van der Waals surface area contributed by atoms with Crippen molar-refractivity contribution < 1.29 is 18.4 Å². The van der Waals surface area contributed by atoms with Crippen molar-refractivity contribution in [3.05, 3.63) is 59.7 Å². The smallest absolute Gasteiger partial charge is 0.258 e. The van der Waals surface area contributed by atoms with Gasteiger partial charge in [-0.1, -0.05) is 12.1 Å². The molecule has 0 spiro atoms. The zero-order valence-electron chi connectivity index (χ0n) is 15.4. The normalized spacial score (nSPS) is 14.6. The Hall–Kier alpha value is -3.22. The van der Waals surface area contributed by atoms with E-state index < -0.39 is 11.9 Å². The molecule has 28 heavy (non-hydrogen) atoms. The van der Waals surface area contributed by atoms with Gasteiger partial charge in [-0.2, -0.15) is 4.98 Å². The molecule has 0 aliphatic heterocycles. The zero-order valence-corrected chi connectivity index (χ0v) is 15.4. The van der Waals surface area contributed by atoms with Gasteiger partial charge in [-0.25, -0.2) is 4.39 Å². The highest BCUT2D eigenvalue weighted by molar-refractivity contribution is 5.99. The van der Waals surface area contributed by atoms with Gasteiger partial charge in [0.25, 0.3) is 5.89 Å². The number of rotatable bonds is 7. The van der Waals surface area contributed by atoms with E-state index >= 15 is 0 Å². The number of nitrogen functional groups attached to an aromatic ring is 1. The number of benzene rings is 2. The van der Waals surface area contributed by atoms with Crippen molar-refractivity contribution >= 4 is 11.5 Å². The lowest BCUT2D eigenvalue weighted by Crippen LogP contribution is -2.09. The minimum atomic E-state index is -0.540. The molecule has 6 nitrogen and oxygen atoms in total. The van der Waals surface area contributed by atoms with Crippen LogP contribution in [-0.4, -0.2) is 15.9 Å². The van der Waals surface area contributed by atoms with E-state index in [0.29, 0.717) is 29.1 Å². The number of hydrogen-bond acceptors (Lipinski definition) is 6. The predicted octanol–water partition coefficient (Wildman–Crippen LogP) is 4.58. The van der Waals surface area contributed by atoms with Gasteiger partial charge in [0.15, 0.2) is 11.9 Å². The molecule has 144 valence electrons. The molecule has 1 atom stereocenters. The van der Waals surface area contributed by atoms with Crippen LogP contribution in [0.3, 0.4) is 0 Å². The van der Waals surface area contributed by atoms with Crippen LogP contribution in [0.5, 0.6) is 5.75 Å². The molecule has 4 rings (SSSR count). The van der Waals surface area contributed by atoms with Gasteiger partial charge in [-0.3, -0.25) is 4.79 Å². The van der Waals surface area contributed by atoms with Gasteiger partial charge in [-0.05, 0) is 61.7 Å². The first kappa shape index (κ1) is 18.2. The molecule has 0 radical (unpaired) electrons. The van der Waals surface area contributed by atoms with Crippen LogP contribution in [0.25, 0.3) is 11.5 Å². The van der Waals surface area contributed by atoms with Gasteiger partial charge in [0.1, 0.15) is 11.6 Å². The molecule has 7 heteroatoms. The van der Waals surface area contributed by atoms with Crippen molar-refractivity contribution in [2.75, 3.05) is 5.73 Å². The number of ether oxygens (including phenoxy) is 1. The Morgan fingerprint density at radius 1 is 1.29 bits per heavy atom. The first-order valence-corrected chi connectivity index (χ1v) is 9.25. The van der Waals surface area contributed by atoms with Crippen LogP contribution in [-0.2, 0) is 0 Å². The molecule has 1 saturated carbocycles. The Morgan fingerprint density at radius 3 is 2.68 bits per heavy atom. The fraction of sp³-hybridized carbons (Fsp3) is 0.286. The summed E-state index contributed by atoms with van der Waals surface area (Å²) in [5, 5.41) is 3.97. The first-order chi connectivity index (χ1) is 13.5. The molecule has 1 unspecified atom stereocenters. The van der Waals surface area contributed by atoms with Crippen molar-refractivity contribution in [2.45, 2.75) is 32.3 Å². The van der Waals surface area contributed by atoms with Crippen LogP contribution in [0.2, 0.25) is 0 Å². The van der Waals surface area contributed by atoms with E-state index in [2.05, 4.69) is 10.1 Å². The molecule has 3 aromatic rings. The van der Waals surface area contributed by atoms with Crippen LogP contribution in [0.4, 0.5) is 10.1 Å². The number of nitrogens with two attached hydrogens (primary N) is 1. The molecule has 0 amide bonds. The summed E-state index contributed by atoms with van der Waals surface area (Å²) < 4.78 is 24.9. The van der Waals surface area contributed by atoms with E-state index in [-0.39, 0.29) is 23.3 Å². The average molecular weight is 381 g/mol. The van der Waals surface area contributed by atoms with E-state index in [1.54, 1.807) is 30.3 Å². The number of anilines is 1. The van der Waals surface area contributed by atoms with Gasteiger partial charge in [0.05, 0.1) is 5.69 Å². The molecular formula is C21H20FN3O3. The Kier molecular flexibility index (Phi) is 4.81. The van der Waals surface area contributed by atoms with Crippen LogP contribution in [0, 0.1) is 11.7 Å². The van der Waals surface area contributed by atoms with Gasteiger partial charge in [0.2, 0.25) is 5.82 Å². The van der Waals surface area contributed by atoms with Crippen molar-refractivity contribution in [1.29, 1.82) is 0 Å². The number of carbonyl (C=O) groups excluding carboxylic acids is 1. The topological polar surface area (TPSA) is 91.2 Å². The zero-order chi connectivity index (χ0) is 19.7. The second kappa shape index (κ2) is 7.42. The SMILES string of the molecule is CCC(Oc1ccc(C(=O)C2CC2)cc1)c1noc(-c2ccc(N)c(F)c2)n1. The Labute approximate surface area is 161 Å². The number of Topliss-reactive ketones (excluding diaryl/α,β-unsaturated/α-hetero) is 1. The lowest BCUT2D eigenvalue weighted by Gasteiger charge is -2.14. The lowest BCUT2D eigenvalue weighted by atomic mass is 10.1. The third kappa shape index (κ3) is 3.74. The maximum absolute atomic E-state index is 13.7. The largest absolute Gasteiger partial charge is 0.482 e. The van der Waals surface area contributed by atoms with E-state index in [9.17, 15) is 9.18 Å². The molecule has 0 bridgehead atoms. The van der Waals surface area contributed by atoms with Gasteiger partial charge in [-0.15, -0.1) is 0 Å². The van der Waals surface area contributed by atoms with Crippen molar-refractivity contribution in [3.8, 4) is 17.2 Å². The number of aromatic nitrogens is 2. The van der Waals surface area contributed by atoms with Crippen LogP contribution < -0.4 is 10.5 Å². The quantitative estimate of drug-likeness (QED) is 0.476. The minimum Gasteiger partial charge on any atom is -0.482 e. The number of hydrogen-bond donors (Lipinski definition) is 1. The number of ketones is 1. The molecule has 1 fully saturated rings. The van der Waals surface area contributed by atoms with Crippen molar-refractivity contribution in [1.82, 2.24) is 10.1 Å². The summed E-state index contributed by atoms with van der Waals surface area (Å²) in [5.74, 6) is 1.02. The highest BCUT2D eigenvalue weighted by Crippen LogP contribution is 2.33. The fourth-order valence-corrected chi connectivity index (χ4v) is 2.90. The molecule has 1 aliphatic carbocycles. The molecule has 2 aromatic carbocycles. The summed E-state index contributed by atoms with van der Waals surface area (Å²) >= 11 is 0. The highest BCUT2D eigenvalue weighted by atomic mass is 19.1. The first-order valence-electron chi connectivity index (χ1n) is 9.25. The second-order valence-electron chi connectivity index (χ2n) is 6.87. The van der Waals surface area contributed by atoms with Crippen LogP contribution in [0.1, 0.15) is 48.5 Å². The minimum absolute atomic E-state index is 0.0573. The van der Waals surface area contributed by atoms with Crippen LogP contribution >= 0.6 is 0 Å². The molecule has 1 aromatic heterocycles. The standard InChI is InChI=1S/C21H20FN3O3/c1-2-18(27-15-8-5-13(6-9-15)19(26)12-3-4-12)20-24-21(28-25-20)14-7-10-17(23)16(22)11-14/h5-12,18H,2-4,23H2,1H3. The summed E-state index contributed by atoms with van der Waals surface area (Å²) in [6.45, 7) is 1.94. The van der Waals surface area contributed by atoms with E-state index in [1.165, 1.54) is 12.1 Å². The van der Waals surface area contributed by atoms with Crippen molar-refractivity contribution in [3.63, 3.8) is 0 Å². The monoisotopic (exact) mass is 381 g/mol.